The summed E-state index contributed by atoms with van der Waals surface area (Å²) < 4.78 is 7.11. The fraction of sp³-hybridized carbons (Fsp3) is 0.412. The molecule has 2 aromatic rings. The van der Waals surface area contributed by atoms with Gasteiger partial charge in [-0.25, -0.2) is 4.79 Å². The predicted octanol–water partition coefficient (Wildman–Crippen LogP) is 2.87. The standard InChI is InChI=1S/C17H22N4O2/c1-20-16(18)11-14(19-20)15-9-5-6-10-21(15)17(22)23-12-13-7-3-2-4-8-13/h2-4,7-8,11,15H,5-6,9-10,12,18H2,1H3. The van der Waals surface area contributed by atoms with E-state index < -0.39 is 0 Å². The molecule has 1 fully saturated rings. The molecule has 0 saturated carbocycles. The molecular formula is C17H22N4O2. The van der Waals surface area contributed by atoms with Crippen molar-refractivity contribution in [3.05, 3.63) is 47.7 Å². The molecule has 3 rings (SSSR count). The highest BCUT2D eigenvalue weighted by atomic mass is 16.6. The van der Waals surface area contributed by atoms with Gasteiger partial charge in [-0.05, 0) is 24.8 Å². The van der Waals surface area contributed by atoms with Gasteiger partial charge in [0.1, 0.15) is 12.4 Å². The summed E-state index contributed by atoms with van der Waals surface area (Å²) in [7, 11) is 1.81. The first-order chi connectivity index (χ1) is 11.1. The molecule has 1 atom stereocenters. The van der Waals surface area contributed by atoms with Crippen LogP contribution < -0.4 is 5.73 Å². The molecular weight excluding hydrogens is 292 g/mol. The zero-order valence-electron chi connectivity index (χ0n) is 13.3. The Bertz CT molecular complexity index is 649. The van der Waals surface area contributed by atoms with Crippen LogP contribution >= 0.6 is 0 Å². The van der Waals surface area contributed by atoms with Crippen molar-refractivity contribution < 1.29 is 9.53 Å². The molecule has 1 aromatic heterocycles. The molecule has 1 amide bonds. The molecule has 1 aliphatic heterocycles. The Hall–Kier alpha value is -2.50. The minimum Gasteiger partial charge on any atom is -0.445 e. The third-order valence-corrected chi connectivity index (χ3v) is 4.22. The highest BCUT2D eigenvalue weighted by molar-refractivity contribution is 5.68. The maximum Gasteiger partial charge on any atom is 0.410 e. The highest BCUT2D eigenvalue weighted by Gasteiger charge is 2.31. The van der Waals surface area contributed by atoms with E-state index in [4.69, 9.17) is 10.5 Å². The summed E-state index contributed by atoms with van der Waals surface area (Å²) in [6.45, 7) is 0.974. The number of nitrogens with zero attached hydrogens (tertiary/aromatic N) is 3. The van der Waals surface area contributed by atoms with E-state index in [0.29, 0.717) is 12.4 Å². The fourth-order valence-corrected chi connectivity index (χ4v) is 2.93. The van der Waals surface area contributed by atoms with E-state index in [0.717, 1.165) is 30.5 Å². The predicted molar refractivity (Wildman–Crippen MR) is 87.5 cm³/mol. The van der Waals surface area contributed by atoms with Crippen LogP contribution in [0, 0.1) is 0 Å². The summed E-state index contributed by atoms with van der Waals surface area (Å²) in [6, 6.07) is 11.5. The lowest BCUT2D eigenvalue weighted by Crippen LogP contribution is -2.39. The summed E-state index contributed by atoms with van der Waals surface area (Å²) in [4.78, 5) is 14.3. The number of aromatic nitrogens is 2. The fourth-order valence-electron chi connectivity index (χ4n) is 2.93. The third kappa shape index (κ3) is 3.47. The van der Waals surface area contributed by atoms with Gasteiger partial charge in [-0.1, -0.05) is 30.3 Å². The van der Waals surface area contributed by atoms with Gasteiger partial charge in [0.2, 0.25) is 0 Å². The lowest BCUT2D eigenvalue weighted by molar-refractivity contribution is 0.0668. The number of aryl methyl sites for hydroxylation is 1. The number of likely N-dealkylation sites (tertiary alicyclic amines) is 1. The highest BCUT2D eigenvalue weighted by Crippen LogP contribution is 2.31. The Morgan fingerprint density at radius 2 is 2.13 bits per heavy atom. The van der Waals surface area contributed by atoms with Gasteiger partial charge in [0.05, 0.1) is 11.7 Å². The summed E-state index contributed by atoms with van der Waals surface area (Å²) in [5.74, 6) is 0.600. The normalized spacial score (nSPS) is 18.0. The maximum atomic E-state index is 12.5. The number of ether oxygens (including phenoxy) is 1. The van der Waals surface area contributed by atoms with Gasteiger partial charge in [-0.3, -0.25) is 9.58 Å². The number of carbonyl (C=O) groups is 1. The van der Waals surface area contributed by atoms with E-state index in [9.17, 15) is 4.79 Å². The van der Waals surface area contributed by atoms with E-state index in [-0.39, 0.29) is 18.7 Å². The Balaban J connectivity index is 1.69. The van der Waals surface area contributed by atoms with Crippen molar-refractivity contribution in [1.82, 2.24) is 14.7 Å². The molecule has 2 N–H and O–H groups in total. The van der Waals surface area contributed by atoms with Crippen LogP contribution in [-0.2, 0) is 18.4 Å². The van der Waals surface area contributed by atoms with Crippen LogP contribution in [-0.4, -0.2) is 27.3 Å². The number of hydrogen-bond acceptors (Lipinski definition) is 4. The molecule has 23 heavy (non-hydrogen) atoms. The molecule has 1 aromatic carbocycles. The first-order valence-corrected chi connectivity index (χ1v) is 7.92. The van der Waals surface area contributed by atoms with Crippen LogP contribution in [0.25, 0.3) is 0 Å². The summed E-state index contributed by atoms with van der Waals surface area (Å²) in [5, 5.41) is 4.43. The first kappa shape index (κ1) is 15.4. The van der Waals surface area contributed by atoms with Crippen LogP contribution in [0.3, 0.4) is 0 Å². The van der Waals surface area contributed by atoms with Crippen molar-refractivity contribution in [2.24, 2.45) is 7.05 Å². The van der Waals surface area contributed by atoms with Crippen LogP contribution in [0.5, 0.6) is 0 Å². The number of piperidine rings is 1. The molecule has 6 nitrogen and oxygen atoms in total. The Kier molecular flexibility index (Phi) is 4.50. The lowest BCUT2D eigenvalue weighted by atomic mass is 10.00. The summed E-state index contributed by atoms with van der Waals surface area (Å²) in [5.41, 5.74) is 7.69. The van der Waals surface area contributed by atoms with E-state index in [1.807, 2.05) is 36.4 Å². The second kappa shape index (κ2) is 6.73. The van der Waals surface area contributed by atoms with Crippen LogP contribution in [0.4, 0.5) is 10.6 Å². The largest absolute Gasteiger partial charge is 0.445 e. The van der Waals surface area contributed by atoms with Gasteiger partial charge >= 0.3 is 6.09 Å². The van der Waals surface area contributed by atoms with Crippen molar-refractivity contribution in [2.75, 3.05) is 12.3 Å². The molecule has 0 radical (unpaired) electrons. The molecule has 1 aliphatic rings. The van der Waals surface area contributed by atoms with Crippen molar-refractivity contribution in [1.29, 1.82) is 0 Å². The molecule has 6 heteroatoms. The van der Waals surface area contributed by atoms with Crippen molar-refractivity contribution in [2.45, 2.75) is 31.9 Å². The van der Waals surface area contributed by atoms with E-state index in [2.05, 4.69) is 5.10 Å². The number of benzene rings is 1. The monoisotopic (exact) mass is 314 g/mol. The quantitative estimate of drug-likeness (QED) is 0.945. The average molecular weight is 314 g/mol. The minimum absolute atomic E-state index is 0.0597. The Morgan fingerprint density at radius 1 is 1.35 bits per heavy atom. The van der Waals surface area contributed by atoms with Gasteiger partial charge < -0.3 is 10.5 Å². The molecule has 122 valence electrons. The summed E-state index contributed by atoms with van der Waals surface area (Å²) >= 11 is 0. The molecule has 0 spiro atoms. The number of rotatable bonds is 3. The van der Waals surface area contributed by atoms with Gasteiger partial charge in [-0.15, -0.1) is 0 Å². The number of nitrogen functional groups attached to an aromatic ring is 1. The Morgan fingerprint density at radius 3 is 2.83 bits per heavy atom. The van der Waals surface area contributed by atoms with Crippen LogP contribution in [0.1, 0.15) is 36.6 Å². The third-order valence-electron chi connectivity index (χ3n) is 4.22. The number of anilines is 1. The molecule has 1 saturated heterocycles. The molecule has 1 unspecified atom stereocenters. The van der Waals surface area contributed by atoms with Crippen molar-refractivity contribution in [3.63, 3.8) is 0 Å². The number of amides is 1. The van der Waals surface area contributed by atoms with E-state index >= 15 is 0 Å². The first-order valence-electron chi connectivity index (χ1n) is 7.92. The second-order valence-electron chi connectivity index (χ2n) is 5.86. The van der Waals surface area contributed by atoms with E-state index in [1.165, 1.54) is 0 Å². The zero-order chi connectivity index (χ0) is 16.2. The number of nitrogens with two attached hydrogens (primary N) is 1. The SMILES string of the molecule is Cn1nc(C2CCCCN2C(=O)OCc2ccccc2)cc1N. The number of carbonyl (C=O) groups excluding carboxylic acids is 1. The van der Waals surface area contributed by atoms with Gasteiger partial charge in [0.25, 0.3) is 0 Å². The average Bonchev–Trinajstić information content (AvgIpc) is 2.92. The molecule has 2 heterocycles. The lowest BCUT2D eigenvalue weighted by Gasteiger charge is -2.33. The molecule has 0 aliphatic carbocycles. The number of hydrogen-bond donors (Lipinski definition) is 1. The summed E-state index contributed by atoms with van der Waals surface area (Å²) in [6.07, 6.45) is 2.66. The van der Waals surface area contributed by atoms with Gasteiger partial charge in [-0.2, -0.15) is 5.10 Å². The van der Waals surface area contributed by atoms with Crippen LogP contribution in [0.2, 0.25) is 0 Å². The van der Waals surface area contributed by atoms with Gasteiger partial charge in [0.15, 0.2) is 0 Å². The van der Waals surface area contributed by atoms with E-state index in [1.54, 1.807) is 16.6 Å². The molecule has 0 bridgehead atoms. The maximum absolute atomic E-state index is 12.5. The smallest absolute Gasteiger partial charge is 0.410 e. The van der Waals surface area contributed by atoms with Gasteiger partial charge in [0, 0.05) is 19.7 Å². The minimum atomic E-state index is -0.289. The van der Waals surface area contributed by atoms with Crippen molar-refractivity contribution in [3.8, 4) is 0 Å². The van der Waals surface area contributed by atoms with Crippen molar-refractivity contribution >= 4 is 11.9 Å². The Labute approximate surface area is 135 Å². The zero-order valence-corrected chi connectivity index (χ0v) is 13.3. The second-order valence-corrected chi connectivity index (χ2v) is 5.86. The van der Waals surface area contributed by atoms with Crippen LogP contribution in [0.15, 0.2) is 36.4 Å². The topological polar surface area (TPSA) is 73.4 Å².